The molecule has 114 valence electrons. The molecule has 0 aliphatic carbocycles. The van der Waals surface area contributed by atoms with Crippen molar-refractivity contribution < 1.29 is 9.47 Å². The van der Waals surface area contributed by atoms with Crippen LogP contribution in [0.5, 0.6) is 0 Å². The van der Waals surface area contributed by atoms with Gasteiger partial charge in [-0.25, -0.2) is 9.61 Å². The first kappa shape index (κ1) is 14.0. The summed E-state index contributed by atoms with van der Waals surface area (Å²) in [5.41, 5.74) is 9.31. The zero-order chi connectivity index (χ0) is 15.7. The van der Waals surface area contributed by atoms with E-state index in [9.17, 15) is 0 Å². The molecule has 0 saturated carbocycles. The largest absolute Gasteiger partial charge is 0.399 e. The van der Waals surface area contributed by atoms with Crippen LogP contribution in [0, 0.1) is 0 Å². The number of hydrogen-bond acceptors (Lipinski definition) is 8. The minimum Gasteiger partial charge on any atom is -0.399 e. The second-order valence-electron chi connectivity index (χ2n) is 4.59. The molecule has 9 nitrogen and oxygen atoms in total. The van der Waals surface area contributed by atoms with Crippen LogP contribution in [0.2, 0.25) is 0 Å². The molecule has 3 aromatic rings. The molecule has 0 radical (unpaired) electrons. The van der Waals surface area contributed by atoms with Crippen molar-refractivity contribution in [3.8, 4) is 11.5 Å². The van der Waals surface area contributed by atoms with Crippen LogP contribution in [-0.4, -0.2) is 37.7 Å². The average Bonchev–Trinajstić information content (AvgIpc) is 3.09. The zero-order valence-corrected chi connectivity index (χ0v) is 12.4. The van der Waals surface area contributed by atoms with Crippen molar-refractivity contribution in [3.05, 3.63) is 18.0 Å². The Hall–Kier alpha value is -2.97. The highest BCUT2D eigenvalue weighted by Crippen LogP contribution is 2.28. The number of fused-ring (bicyclic) bond motifs is 1. The fraction of sp³-hybridized carbons (Fsp3) is 0.308. The Morgan fingerprint density at radius 3 is 2.86 bits per heavy atom. The summed E-state index contributed by atoms with van der Waals surface area (Å²) >= 11 is 0. The molecule has 0 atom stereocenters. The van der Waals surface area contributed by atoms with Crippen molar-refractivity contribution in [2.75, 3.05) is 12.8 Å². The molecule has 0 aliphatic heterocycles. The number of oxime groups is 1. The Balaban J connectivity index is 2.32. The first-order valence-electron chi connectivity index (χ1n) is 6.68. The highest BCUT2D eigenvalue weighted by Gasteiger charge is 2.21. The van der Waals surface area contributed by atoms with Crippen molar-refractivity contribution in [2.45, 2.75) is 20.4 Å². The molecule has 0 bridgehead atoms. The lowest BCUT2D eigenvalue weighted by Crippen LogP contribution is -2.04. The summed E-state index contributed by atoms with van der Waals surface area (Å²) in [6, 6.07) is 0. The third-order valence-corrected chi connectivity index (χ3v) is 3.31. The highest BCUT2D eigenvalue weighted by atomic mass is 16.6. The predicted molar refractivity (Wildman–Crippen MR) is 80.1 cm³/mol. The van der Waals surface area contributed by atoms with Gasteiger partial charge >= 0.3 is 0 Å². The molecule has 3 rings (SSSR count). The topological polar surface area (TPSA) is 117 Å². The van der Waals surface area contributed by atoms with Crippen LogP contribution in [0.3, 0.4) is 0 Å². The lowest BCUT2D eigenvalue weighted by atomic mass is 10.1. The molecule has 0 unspecified atom stereocenters. The van der Waals surface area contributed by atoms with Gasteiger partial charge in [-0.3, -0.25) is 4.98 Å². The molecule has 3 heterocycles. The third-order valence-electron chi connectivity index (χ3n) is 3.31. The Bertz CT molecular complexity index is 849. The molecular weight excluding hydrogens is 286 g/mol. The molecule has 0 aliphatic rings. The van der Waals surface area contributed by atoms with E-state index in [4.69, 9.17) is 10.6 Å². The fourth-order valence-electron chi connectivity index (χ4n) is 2.38. The van der Waals surface area contributed by atoms with Crippen LogP contribution in [0.25, 0.3) is 22.6 Å². The van der Waals surface area contributed by atoms with E-state index in [2.05, 4.69) is 30.1 Å². The molecule has 0 fully saturated rings. The molecule has 0 saturated heterocycles. The summed E-state index contributed by atoms with van der Waals surface area (Å²) in [5.74, 6) is 0.775. The highest BCUT2D eigenvalue weighted by molar-refractivity contribution is 6.08. The Morgan fingerprint density at radius 1 is 1.41 bits per heavy atom. The molecule has 9 heteroatoms. The maximum absolute atomic E-state index is 5.78. The van der Waals surface area contributed by atoms with Crippen molar-refractivity contribution in [1.82, 2.24) is 24.8 Å². The molecule has 22 heavy (non-hydrogen) atoms. The maximum atomic E-state index is 5.78. The van der Waals surface area contributed by atoms with Crippen LogP contribution in [0.4, 0.5) is 5.82 Å². The van der Waals surface area contributed by atoms with Gasteiger partial charge in [0.1, 0.15) is 12.6 Å². The van der Waals surface area contributed by atoms with Gasteiger partial charge in [-0.05, 0) is 24.2 Å². The number of rotatable bonds is 4. The number of nitrogens with zero attached hydrogens (tertiary/aromatic N) is 6. The number of imidazole rings is 1. The molecule has 0 spiro atoms. The van der Waals surface area contributed by atoms with E-state index in [-0.39, 0.29) is 5.82 Å². The Labute approximate surface area is 125 Å². The van der Waals surface area contributed by atoms with Gasteiger partial charge in [-0.1, -0.05) is 5.16 Å². The Kier molecular flexibility index (Phi) is 3.45. The SMILES string of the molecule is CCn1c(-c2nonc2N)nc2cncc(C(C)=NOC)c21. The maximum Gasteiger partial charge on any atom is 0.199 e. The molecule has 0 amide bonds. The van der Waals surface area contributed by atoms with Crippen molar-refractivity contribution >= 4 is 22.6 Å². The minimum atomic E-state index is 0.196. The van der Waals surface area contributed by atoms with Gasteiger partial charge in [0, 0.05) is 18.3 Å². The van der Waals surface area contributed by atoms with Crippen LogP contribution in [-0.2, 0) is 11.4 Å². The van der Waals surface area contributed by atoms with Crippen molar-refractivity contribution in [3.63, 3.8) is 0 Å². The van der Waals surface area contributed by atoms with Gasteiger partial charge in [-0.15, -0.1) is 0 Å². The number of anilines is 1. The number of aryl methyl sites for hydroxylation is 1. The summed E-state index contributed by atoms with van der Waals surface area (Å²) in [6.45, 7) is 4.51. The van der Waals surface area contributed by atoms with Crippen LogP contribution in [0.15, 0.2) is 22.2 Å². The monoisotopic (exact) mass is 301 g/mol. The summed E-state index contributed by atoms with van der Waals surface area (Å²) in [5, 5.41) is 11.4. The summed E-state index contributed by atoms with van der Waals surface area (Å²) < 4.78 is 6.64. The third kappa shape index (κ3) is 2.07. The fourth-order valence-corrected chi connectivity index (χ4v) is 2.38. The van der Waals surface area contributed by atoms with E-state index in [1.807, 2.05) is 18.4 Å². The standard InChI is InChI=1S/C13H15N7O2/c1-4-20-11-8(7(2)17-21-3)5-15-6-9(11)16-13(20)10-12(14)19-22-18-10/h5-6H,4H2,1-3H3,(H2,14,19). The van der Waals surface area contributed by atoms with E-state index in [0.29, 0.717) is 29.3 Å². The number of aromatic nitrogens is 5. The zero-order valence-electron chi connectivity index (χ0n) is 12.4. The van der Waals surface area contributed by atoms with Crippen molar-refractivity contribution in [1.29, 1.82) is 0 Å². The minimum absolute atomic E-state index is 0.196. The smallest absolute Gasteiger partial charge is 0.199 e. The van der Waals surface area contributed by atoms with Gasteiger partial charge in [0.15, 0.2) is 17.3 Å². The van der Waals surface area contributed by atoms with Crippen molar-refractivity contribution in [2.24, 2.45) is 5.16 Å². The lowest BCUT2D eigenvalue weighted by molar-refractivity contribution is 0.213. The molecule has 0 aromatic carbocycles. The van der Waals surface area contributed by atoms with Crippen LogP contribution < -0.4 is 5.73 Å². The number of hydrogen-bond donors (Lipinski definition) is 1. The van der Waals surface area contributed by atoms with Crippen LogP contribution in [0.1, 0.15) is 19.4 Å². The van der Waals surface area contributed by atoms with Crippen LogP contribution >= 0.6 is 0 Å². The van der Waals surface area contributed by atoms with Gasteiger partial charge < -0.3 is 15.1 Å². The first-order chi connectivity index (χ1) is 10.7. The summed E-state index contributed by atoms with van der Waals surface area (Å²) in [4.78, 5) is 13.6. The average molecular weight is 301 g/mol. The van der Waals surface area contributed by atoms with E-state index in [1.54, 1.807) is 12.4 Å². The van der Waals surface area contributed by atoms with Gasteiger partial charge in [0.2, 0.25) is 0 Å². The van der Waals surface area contributed by atoms with E-state index in [0.717, 1.165) is 11.1 Å². The van der Waals surface area contributed by atoms with E-state index in [1.165, 1.54) is 7.11 Å². The second-order valence-corrected chi connectivity index (χ2v) is 4.59. The van der Waals surface area contributed by atoms with Gasteiger partial charge in [0.05, 0.1) is 17.4 Å². The predicted octanol–water partition coefficient (Wildman–Crippen LogP) is 1.45. The molecule has 2 N–H and O–H groups in total. The second kappa shape index (κ2) is 5.43. The quantitative estimate of drug-likeness (QED) is 0.572. The summed E-state index contributed by atoms with van der Waals surface area (Å²) in [7, 11) is 1.50. The molecule has 3 aromatic heterocycles. The number of pyridine rings is 1. The number of nitrogens with two attached hydrogens (primary N) is 1. The van der Waals surface area contributed by atoms with E-state index >= 15 is 0 Å². The Morgan fingerprint density at radius 2 is 2.23 bits per heavy atom. The first-order valence-corrected chi connectivity index (χ1v) is 6.68. The number of nitrogen functional groups attached to an aromatic ring is 1. The lowest BCUT2D eigenvalue weighted by Gasteiger charge is -2.07. The van der Waals surface area contributed by atoms with Gasteiger partial charge in [-0.2, -0.15) is 0 Å². The summed E-state index contributed by atoms with van der Waals surface area (Å²) in [6.07, 6.45) is 3.40. The molecular formula is C13H15N7O2. The normalized spacial score (nSPS) is 12.0. The van der Waals surface area contributed by atoms with E-state index < -0.39 is 0 Å². The van der Waals surface area contributed by atoms with Gasteiger partial charge in [0.25, 0.3) is 0 Å².